The van der Waals surface area contributed by atoms with Gasteiger partial charge < -0.3 is 4.90 Å². The molecule has 1 amide bonds. The third kappa shape index (κ3) is 3.02. The first-order valence-electron chi connectivity index (χ1n) is 6.57. The van der Waals surface area contributed by atoms with E-state index in [-0.39, 0.29) is 11.7 Å². The average Bonchev–Trinajstić information content (AvgIpc) is 2.68. The molecule has 0 unspecified atom stereocenters. The van der Waals surface area contributed by atoms with Crippen LogP contribution in [-0.2, 0) is 20.6 Å². The molecule has 0 radical (unpaired) electrons. The molecule has 2 rings (SSSR count). The van der Waals surface area contributed by atoms with E-state index in [1.165, 1.54) is 11.4 Å². The zero-order chi connectivity index (χ0) is 14.9. The molecule has 110 valence electrons. The molecule has 0 saturated carbocycles. The van der Waals surface area contributed by atoms with E-state index in [9.17, 15) is 13.2 Å². The summed E-state index contributed by atoms with van der Waals surface area (Å²) in [4.78, 5) is 13.5. The number of hydrogen-bond acceptors (Lipinski definition) is 3. The molecule has 1 fully saturated rings. The fourth-order valence-corrected chi connectivity index (χ4v) is 3.84. The zero-order valence-corrected chi connectivity index (χ0v) is 12.9. The van der Waals surface area contributed by atoms with Gasteiger partial charge in [0.25, 0.3) is 0 Å². The van der Waals surface area contributed by atoms with Crippen LogP contribution in [0.2, 0.25) is 0 Å². The van der Waals surface area contributed by atoms with Crippen molar-refractivity contribution in [2.24, 2.45) is 0 Å². The highest BCUT2D eigenvalue weighted by molar-refractivity contribution is 7.88. The highest BCUT2D eigenvalue weighted by atomic mass is 32.2. The van der Waals surface area contributed by atoms with Crippen molar-refractivity contribution >= 4 is 15.9 Å². The number of benzene rings is 1. The molecule has 0 spiro atoms. The van der Waals surface area contributed by atoms with Crippen molar-refractivity contribution in [2.45, 2.75) is 25.1 Å². The number of hydrogen-bond donors (Lipinski definition) is 0. The normalized spacial score (nSPS) is 19.9. The van der Waals surface area contributed by atoms with Gasteiger partial charge in [0.05, 0.1) is 5.75 Å². The molecule has 1 aliphatic rings. The Morgan fingerprint density at radius 1 is 1.40 bits per heavy atom. The number of nitrogens with zero attached hydrogens (tertiary/aromatic N) is 2. The lowest BCUT2D eigenvalue weighted by molar-refractivity contribution is -0.129. The first kappa shape index (κ1) is 15.0. The van der Waals surface area contributed by atoms with Crippen LogP contribution in [0.15, 0.2) is 24.3 Å². The number of likely N-dealkylation sites (tertiary alicyclic amines) is 1. The Hall–Kier alpha value is -1.40. The highest BCUT2D eigenvalue weighted by Gasteiger charge is 2.37. The monoisotopic (exact) mass is 296 g/mol. The number of aryl methyl sites for hydroxylation is 1. The van der Waals surface area contributed by atoms with E-state index in [0.717, 1.165) is 11.1 Å². The molecule has 1 aromatic rings. The van der Waals surface area contributed by atoms with Crippen LogP contribution in [0.4, 0.5) is 0 Å². The first-order chi connectivity index (χ1) is 9.31. The van der Waals surface area contributed by atoms with Crippen LogP contribution in [-0.4, -0.2) is 50.2 Å². The number of likely N-dealkylation sites (N-methyl/N-ethyl adjacent to an activating group) is 2. The Morgan fingerprint density at radius 2 is 2.10 bits per heavy atom. The minimum Gasteiger partial charge on any atom is -0.344 e. The minimum absolute atomic E-state index is 0.0708. The van der Waals surface area contributed by atoms with Crippen molar-refractivity contribution in [3.8, 4) is 0 Å². The van der Waals surface area contributed by atoms with E-state index in [1.54, 1.807) is 18.0 Å². The maximum atomic E-state index is 12.4. The van der Waals surface area contributed by atoms with Crippen LogP contribution in [0, 0.1) is 6.92 Å². The van der Waals surface area contributed by atoms with E-state index in [2.05, 4.69) is 0 Å². The summed E-state index contributed by atoms with van der Waals surface area (Å²) in [5.41, 5.74) is 1.77. The van der Waals surface area contributed by atoms with Crippen molar-refractivity contribution < 1.29 is 13.2 Å². The maximum Gasteiger partial charge on any atom is 0.240 e. The molecule has 0 N–H and O–H groups in total. The first-order valence-corrected chi connectivity index (χ1v) is 8.18. The largest absolute Gasteiger partial charge is 0.344 e. The summed E-state index contributed by atoms with van der Waals surface area (Å²) in [6.45, 7) is 2.53. The van der Waals surface area contributed by atoms with Gasteiger partial charge >= 0.3 is 0 Å². The van der Waals surface area contributed by atoms with E-state index in [1.807, 2.05) is 25.1 Å². The van der Waals surface area contributed by atoms with Gasteiger partial charge in [-0.2, -0.15) is 4.31 Å². The second-order valence-corrected chi connectivity index (χ2v) is 7.35. The Bertz CT molecular complexity index is 613. The van der Waals surface area contributed by atoms with Crippen molar-refractivity contribution in [3.63, 3.8) is 0 Å². The molecule has 5 nitrogen and oxygen atoms in total. The van der Waals surface area contributed by atoms with Gasteiger partial charge in [-0.05, 0) is 18.9 Å². The van der Waals surface area contributed by atoms with E-state index >= 15 is 0 Å². The molecular weight excluding hydrogens is 276 g/mol. The van der Waals surface area contributed by atoms with Crippen LogP contribution in [0.25, 0.3) is 0 Å². The van der Waals surface area contributed by atoms with E-state index in [0.29, 0.717) is 13.0 Å². The number of carbonyl (C=O) groups excluding carboxylic acids is 1. The van der Waals surface area contributed by atoms with E-state index in [4.69, 9.17) is 0 Å². The van der Waals surface area contributed by atoms with Crippen LogP contribution in [0.5, 0.6) is 0 Å². The second kappa shape index (κ2) is 5.54. The molecule has 20 heavy (non-hydrogen) atoms. The summed E-state index contributed by atoms with van der Waals surface area (Å²) < 4.78 is 26.0. The van der Waals surface area contributed by atoms with Crippen molar-refractivity contribution in [2.75, 3.05) is 20.6 Å². The van der Waals surface area contributed by atoms with E-state index < -0.39 is 16.1 Å². The number of carbonyl (C=O) groups is 1. The predicted octanol–water partition coefficient (Wildman–Crippen LogP) is 0.987. The van der Waals surface area contributed by atoms with Gasteiger partial charge in [-0.3, -0.25) is 4.79 Å². The van der Waals surface area contributed by atoms with Gasteiger partial charge in [0.15, 0.2) is 0 Å². The molecule has 1 heterocycles. The van der Waals surface area contributed by atoms with Gasteiger partial charge in [0.2, 0.25) is 15.9 Å². The van der Waals surface area contributed by atoms with Crippen LogP contribution < -0.4 is 0 Å². The lowest BCUT2D eigenvalue weighted by atomic mass is 10.2. The van der Waals surface area contributed by atoms with Gasteiger partial charge in [0, 0.05) is 20.6 Å². The third-order valence-corrected chi connectivity index (χ3v) is 5.54. The SMILES string of the molecule is Cc1cccc(CS(=O)(=O)N(C)[C@H]2CCN(C)C2=O)c1. The number of sulfonamides is 1. The molecule has 1 atom stereocenters. The molecule has 0 aliphatic carbocycles. The Kier molecular flexibility index (Phi) is 4.15. The molecular formula is C14H20N2O3S. The van der Waals surface area contributed by atoms with Crippen LogP contribution in [0.1, 0.15) is 17.5 Å². The van der Waals surface area contributed by atoms with Crippen LogP contribution >= 0.6 is 0 Å². The summed E-state index contributed by atoms with van der Waals surface area (Å²) in [5, 5.41) is 0. The molecule has 6 heteroatoms. The zero-order valence-electron chi connectivity index (χ0n) is 12.0. The molecule has 0 aromatic heterocycles. The molecule has 0 bridgehead atoms. The van der Waals surface area contributed by atoms with Gasteiger partial charge in [-0.25, -0.2) is 8.42 Å². The van der Waals surface area contributed by atoms with Crippen molar-refractivity contribution in [3.05, 3.63) is 35.4 Å². The standard InChI is InChI=1S/C14H20N2O3S/c1-11-5-4-6-12(9-11)10-20(18,19)16(3)13-7-8-15(2)14(13)17/h4-6,9,13H,7-8,10H2,1-3H3/t13-/m0/s1. The second-order valence-electron chi connectivity index (χ2n) is 5.33. The van der Waals surface area contributed by atoms with Crippen LogP contribution in [0.3, 0.4) is 0 Å². The smallest absolute Gasteiger partial charge is 0.240 e. The molecule has 1 saturated heterocycles. The van der Waals surface area contributed by atoms with Gasteiger partial charge in [-0.15, -0.1) is 0 Å². The van der Waals surface area contributed by atoms with Crippen molar-refractivity contribution in [1.82, 2.24) is 9.21 Å². The van der Waals surface area contributed by atoms with Gasteiger partial charge in [-0.1, -0.05) is 29.8 Å². The van der Waals surface area contributed by atoms with Gasteiger partial charge in [0.1, 0.15) is 6.04 Å². The fraction of sp³-hybridized carbons (Fsp3) is 0.500. The summed E-state index contributed by atoms with van der Waals surface area (Å²) in [5.74, 6) is -0.195. The quantitative estimate of drug-likeness (QED) is 0.832. The lowest BCUT2D eigenvalue weighted by Crippen LogP contribution is -2.42. The Labute approximate surface area is 120 Å². The average molecular weight is 296 g/mol. The summed E-state index contributed by atoms with van der Waals surface area (Å²) >= 11 is 0. The number of rotatable bonds is 4. The fourth-order valence-electron chi connectivity index (χ4n) is 2.45. The maximum absolute atomic E-state index is 12.4. The third-order valence-electron chi connectivity index (χ3n) is 3.71. The summed E-state index contributed by atoms with van der Waals surface area (Å²) in [6.07, 6.45) is 0.554. The Balaban J connectivity index is 2.16. The number of amides is 1. The Morgan fingerprint density at radius 3 is 2.65 bits per heavy atom. The topological polar surface area (TPSA) is 57.7 Å². The molecule has 1 aliphatic heterocycles. The van der Waals surface area contributed by atoms with Crippen molar-refractivity contribution in [1.29, 1.82) is 0 Å². The lowest BCUT2D eigenvalue weighted by Gasteiger charge is -2.22. The minimum atomic E-state index is -3.48. The highest BCUT2D eigenvalue weighted by Crippen LogP contribution is 2.20. The summed E-state index contributed by atoms with van der Waals surface area (Å²) in [7, 11) is -0.293. The predicted molar refractivity (Wildman–Crippen MR) is 77.6 cm³/mol. The summed E-state index contributed by atoms with van der Waals surface area (Å²) in [6, 6.07) is 6.86. The molecule has 1 aromatic carbocycles.